The number of aromatic hydroxyl groups is 1. The maximum Gasteiger partial charge on any atom is 0.305 e. The highest BCUT2D eigenvalue weighted by atomic mass is 16.4. The fourth-order valence-electron chi connectivity index (χ4n) is 3.55. The first-order valence-corrected chi connectivity index (χ1v) is 11.8. The molecule has 0 saturated heterocycles. The lowest BCUT2D eigenvalue weighted by Gasteiger charge is -2.18. The fourth-order valence-corrected chi connectivity index (χ4v) is 3.55. The lowest BCUT2D eigenvalue weighted by Crippen LogP contribution is -2.36. The van der Waals surface area contributed by atoms with Crippen LogP contribution < -0.4 is 10.6 Å². The highest BCUT2D eigenvalue weighted by Gasteiger charge is 2.26. The fraction of sp³-hybridized carbons (Fsp3) is 0.172. The Bertz CT molecular complexity index is 1390. The monoisotopic (exact) mass is 513 g/mol. The van der Waals surface area contributed by atoms with E-state index in [2.05, 4.69) is 41.5 Å². The predicted octanol–water partition coefficient (Wildman–Crippen LogP) is 3.48. The maximum absolute atomic E-state index is 12.4. The molecule has 0 aromatic heterocycles. The number of carboxylic acid groups (broad SMARTS) is 1. The first-order valence-electron chi connectivity index (χ1n) is 11.8. The number of amides is 3. The normalized spacial score (nSPS) is 12.0. The Hall–Kier alpha value is -5.10. The molecule has 3 amide bonds. The summed E-state index contributed by atoms with van der Waals surface area (Å²) in [5, 5.41) is 23.2. The summed E-state index contributed by atoms with van der Waals surface area (Å²) in [6.07, 6.45) is 1.26. The van der Waals surface area contributed by atoms with Gasteiger partial charge in [0.05, 0.1) is 23.2 Å². The van der Waals surface area contributed by atoms with Gasteiger partial charge in [0.2, 0.25) is 12.3 Å². The molecule has 3 aromatic rings. The molecule has 1 aliphatic rings. The molecule has 9 nitrogen and oxygen atoms in total. The number of nitrogens with zero attached hydrogens (tertiary/aromatic N) is 1. The van der Waals surface area contributed by atoms with E-state index in [0.29, 0.717) is 23.3 Å². The Morgan fingerprint density at radius 3 is 2.47 bits per heavy atom. The number of nitrogens with one attached hydrogen (secondary N) is 2. The highest BCUT2D eigenvalue weighted by Crippen LogP contribution is 2.24. The second-order valence-corrected chi connectivity index (χ2v) is 8.26. The van der Waals surface area contributed by atoms with E-state index in [1.54, 1.807) is 18.2 Å². The van der Waals surface area contributed by atoms with Crippen LogP contribution in [0.3, 0.4) is 0 Å². The number of phenolic OH excluding ortho intramolecular Hbond substituents is 1. The molecule has 9 heteroatoms. The van der Waals surface area contributed by atoms with Gasteiger partial charge in [-0.25, -0.2) is 0 Å². The number of fused-ring (bicyclic) bond motifs is 1. The molecule has 0 unspecified atom stereocenters. The number of benzene rings is 3. The number of aliphatic carboxylic acids is 1. The van der Waals surface area contributed by atoms with E-state index in [0.717, 1.165) is 12.0 Å². The van der Waals surface area contributed by atoms with Crippen molar-refractivity contribution in [2.75, 3.05) is 23.7 Å². The molecule has 38 heavy (non-hydrogen) atoms. The molecule has 0 fully saturated rings. The Labute approximate surface area is 220 Å². The van der Waals surface area contributed by atoms with Gasteiger partial charge < -0.3 is 25.7 Å². The Morgan fingerprint density at radius 2 is 1.82 bits per heavy atom. The van der Waals surface area contributed by atoms with Crippen LogP contribution in [0, 0.1) is 11.8 Å². The van der Waals surface area contributed by atoms with Gasteiger partial charge in [0, 0.05) is 17.8 Å². The van der Waals surface area contributed by atoms with Gasteiger partial charge in [-0.05, 0) is 54.4 Å². The number of anilines is 2. The number of hydrogen-bond acceptors (Lipinski definition) is 5. The minimum atomic E-state index is -1.05. The van der Waals surface area contributed by atoms with E-state index in [1.807, 2.05) is 24.3 Å². The van der Waals surface area contributed by atoms with Crippen LogP contribution in [0.2, 0.25) is 0 Å². The largest absolute Gasteiger partial charge is 0.507 e. The summed E-state index contributed by atoms with van der Waals surface area (Å²) in [6.45, 7) is 1.85. The summed E-state index contributed by atoms with van der Waals surface area (Å²) in [5.41, 5.74) is 3.87. The third-order valence-corrected chi connectivity index (χ3v) is 5.57. The standard InChI is InChI=1S/C16H14O.C13H13N3O5/c1-2-13-7-9-14(10-8-13)11-12-15-5-3-4-6-16(15)17;17-7-14-8-1-2-10-9(5-8)13(21)16(4-3-12(19)20)6-11(18)15-10/h3-10,17H,2H2,1H3;1-2,5,7H,3-4,6H2,(H,14,17)(H,15,18)(H,19,20). The minimum absolute atomic E-state index is 0.0631. The summed E-state index contributed by atoms with van der Waals surface area (Å²) in [4.78, 5) is 46.3. The van der Waals surface area contributed by atoms with Crippen LogP contribution in [-0.4, -0.2) is 52.4 Å². The van der Waals surface area contributed by atoms with Crippen molar-refractivity contribution in [3.63, 3.8) is 0 Å². The van der Waals surface area contributed by atoms with Crippen molar-refractivity contribution in [3.05, 3.63) is 89.0 Å². The quantitative estimate of drug-likeness (QED) is 0.294. The number of aryl methyl sites for hydroxylation is 1. The molecule has 4 rings (SSSR count). The van der Waals surface area contributed by atoms with Crippen molar-refractivity contribution >= 4 is 35.6 Å². The number of carboxylic acids is 1. The lowest BCUT2D eigenvalue weighted by atomic mass is 10.1. The van der Waals surface area contributed by atoms with Crippen molar-refractivity contribution in [2.24, 2.45) is 0 Å². The first-order chi connectivity index (χ1) is 18.3. The number of rotatable bonds is 6. The highest BCUT2D eigenvalue weighted by molar-refractivity contribution is 6.09. The van der Waals surface area contributed by atoms with E-state index in [1.165, 1.54) is 22.6 Å². The zero-order valence-corrected chi connectivity index (χ0v) is 20.7. The summed E-state index contributed by atoms with van der Waals surface area (Å²) in [7, 11) is 0. The van der Waals surface area contributed by atoms with Crippen LogP contribution >= 0.6 is 0 Å². The number of para-hydroxylation sites is 1. The average Bonchev–Trinajstić information content (AvgIpc) is 3.03. The van der Waals surface area contributed by atoms with Crippen LogP contribution in [-0.2, 0) is 20.8 Å². The Morgan fingerprint density at radius 1 is 1.08 bits per heavy atom. The van der Waals surface area contributed by atoms with Crippen LogP contribution in [0.5, 0.6) is 5.75 Å². The number of phenols is 1. The molecule has 0 radical (unpaired) electrons. The average molecular weight is 514 g/mol. The van der Waals surface area contributed by atoms with Gasteiger partial charge in [0.15, 0.2) is 0 Å². The van der Waals surface area contributed by atoms with Gasteiger partial charge in [-0.3, -0.25) is 19.2 Å². The van der Waals surface area contributed by atoms with Gasteiger partial charge in [0.25, 0.3) is 5.91 Å². The topological polar surface area (TPSA) is 136 Å². The molecule has 0 saturated carbocycles. The SMILES string of the molecule is CCc1ccc(C#Cc2ccccc2O)cc1.O=CNc1ccc2c(c1)C(=O)N(CCC(=O)O)CC(=O)N2. The van der Waals surface area contributed by atoms with Crippen LogP contribution in [0.4, 0.5) is 11.4 Å². The third-order valence-electron chi connectivity index (χ3n) is 5.57. The molecule has 0 bridgehead atoms. The zero-order chi connectivity index (χ0) is 27.5. The molecule has 1 heterocycles. The van der Waals surface area contributed by atoms with E-state index < -0.39 is 17.8 Å². The van der Waals surface area contributed by atoms with Gasteiger partial charge in [-0.1, -0.05) is 43.0 Å². The summed E-state index contributed by atoms with van der Waals surface area (Å²) in [6, 6.07) is 19.8. The molecule has 194 valence electrons. The summed E-state index contributed by atoms with van der Waals surface area (Å²) >= 11 is 0. The predicted molar refractivity (Wildman–Crippen MR) is 143 cm³/mol. The molecule has 0 aliphatic carbocycles. The lowest BCUT2D eigenvalue weighted by molar-refractivity contribution is -0.137. The second kappa shape index (κ2) is 13.3. The number of carbonyl (C=O) groups is 4. The molecular formula is C29H27N3O6. The Balaban J connectivity index is 0.000000215. The van der Waals surface area contributed by atoms with Crippen molar-refractivity contribution in [1.29, 1.82) is 0 Å². The van der Waals surface area contributed by atoms with E-state index in [4.69, 9.17) is 5.11 Å². The number of carbonyl (C=O) groups excluding carboxylic acids is 3. The van der Waals surface area contributed by atoms with Gasteiger partial charge >= 0.3 is 5.97 Å². The molecule has 0 spiro atoms. The molecule has 3 aromatic carbocycles. The zero-order valence-electron chi connectivity index (χ0n) is 20.7. The Kier molecular flexibility index (Phi) is 9.60. The molecule has 4 N–H and O–H groups in total. The van der Waals surface area contributed by atoms with E-state index >= 15 is 0 Å². The second-order valence-electron chi connectivity index (χ2n) is 8.26. The summed E-state index contributed by atoms with van der Waals surface area (Å²) < 4.78 is 0. The van der Waals surface area contributed by atoms with Crippen LogP contribution in [0.25, 0.3) is 0 Å². The van der Waals surface area contributed by atoms with Crippen molar-refractivity contribution < 1.29 is 29.4 Å². The van der Waals surface area contributed by atoms with Crippen molar-refractivity contribution in [3.8, 4) is 17.6 Å². The van der Waals surface area contributed by atoms with Crippen molar-refractivity contribution in [1.82, 2.24) is 4.90 Å². The molecular weight excluding hydrogens is 486 g/mol. The van der Waals surface area contributed by atoms with Gasteiger partial charge in [-0.2, -0.15) is 0 Å². The molecule has 1 aliphatic heterocycles. The van der Waals surface area contributed by atoms with Crippen LogP contribution in [0.1, 0.15) is 40.4 Å². The maximum atomic E-state index is 12.4. The summed E-state index contributed by atoms with van der Waals surface area (Å²) in [5.74, 6) is 4.33. The smallest absolute Gasteiger partial charge is 0.305 e. The van der Waals surface area contributed by atoms with Crippen molar-refractivity contribution in [2.45, 2.75) is 19.8 Å². The van der Waals surface area contributed by atoms with Gasteiger partial charge in [0.1, 0.15) is 12.3 Å². The molecule has 0 atom stereocenters. The third kappa shape index (κ3) is 7.70. The van der Waals surface area contributed by atoms with E-state index in [9.17, 15) is 24.3 Å². The van der Waals surface area contributed by atoms with Crippen LogP contribution in [0.15, 0.2) is 66.7 Å². The van der Waals surface area contributed by atoms with Gasteiger partial charge in [-0.15, -0.1) is 0 Å². The van der Waals surface area contributed by atoms with E-state index in [-0.39, 0.29) is 30.8 Å². The number of hydrogen-bond donors (Lipinski definition) is 4. The first kappa shape index (κ1) is 27.5. The minimum Gasteiger partial charge on any atom is -0.507 e.